The Balaban J connectivity index is 1.78. The van der Waals surface area contributed by atoms with Crippen LogP contribution < -0.4 is 10.1 Å². The van der Waals surface area contributed by atoms with Gasteiger partial charge >= 0.3 is 0 Å². The molecule has 4 aromatic rings. The fraction of sp³-hybridized carbons (Fsp3) is 0.107. The molecule has 0 spiro atoms. The lowest BCUT2D eigenvalue weighted by molar-refractivity contribution is -0.124. The Bertz CT molecular complexity index is 1390. The van der Waals surface area contributed by atoms with Crippen LogP contribution in [0.15, 0.2) is 90.8 Å². The third kappa shape index (κ3) is 5.64. The number of hydrogen-bond acceptors (Lipinski definition) is 4. The van der Waals surface area contributed by atoms with Crippen molar-refractivity contribution in [2.45, 2.75) is 0 Å². The molecule has 36 heavy (non-hydrogen) atoms. The van der Waals surface area contributed by atoms with E-state index in [4.69, 9.17) is 21.4 Å². The van der Waals surface area contributed by atoms with Crippen LogP contribution in [-0.4, -0.2) is 47.7 Å². The Morgan fingerprint density at radius 2 is 1.64 bits per heavy atom. The van der Waals surface area contributed by atoms with E-state index in [1.807, 2.05) is 48.7 Å². The molecular weight excluding hydrogens is 476 g/mol. The van der Waals surface area contributed by atoms with Crippen molar-refractivity contribution in [1.82, 2.24) is 20.0 Å². The summed E-state index contributed by atoms with van der Waals surface area (Å²) in [5.74, 6) is -0.137. The minimum absolute atomic E-state index is 0.114. The summed E-state index contributed by atoms with van der Waals surface area (Å²) in [6, 6.07) is 23.6. The molecule has 0 radical (unpaired) electrons. The highest BCUT2D eigenvalue weighted by molar-refractivity contribution is 6.30. The van der Waals surface area contributed by atoms with Gasteiger partial charge in [0.15, 0.2) is 0 Å². The molecule has 0 fully saturated rings. The maximum absolute atomic E-state index is 13.1. The summed E-state index contributed by atoms with van der Waals surface area (Å²) in [6.45, 7) is 0. The van der Waals surface area contributed by atoms with Gasteiger partial charge in [0.1, 0.15) is 17.1 Å². The molecule has 0 atom stereocenters. The molecule has 0 saturated carbocycles. The second-order valence-corrected chi connectivity index (χ2v) is 8.60. The highest BCUT2D eigenvalue weighted by atomic mass is 35.5. The number of aromatic nitrogens is 2. The zero-order valence-corrected chi connectivity index (χ0v) is 20.9. The molecule has 8 heteroatoms. The van der Waals surface area contributed by atoms with Crippen molar-refractivity contribution in [2.24, 2.45) is 0 Å². The van der Waals surface area contributed by atoms with E-state index in [9.17, 15) is 9.59 Å². The van der Waals surface area contributed by atoms with E-state index < -0.39 is 5.91 Å². The lowest BCUT2D eigenvalue weighted by Gasteiger charge is -2.15. The molecule has 4 rings (SSSR count). The van der Waals surface area contributed by atoms with Crippen molar-refractivity contribution in [3.63, 3.8) is 0 Å². The molecule has 0 bridgehead atoms. The van der Waals surface area contributed by atoms with Crippen molar-refractivity contribution < 1.29 is 14.3 Å². The zero-order valence-electron chi connectivity index (χ0n) is 20.1. The predicted octanol–water partition coefficient (Wildman–Crippen LogP) is 5.06. The van der Waals surface area contributed by atoms with Crippen LogP contribution in [0.1, 0.15) is 15.9 Å². The summed E-state index contributed by atoms with van der Waals surface area (Å²) >= 11 is 6.09. The second-order valence-electron chi connectivity index (χ2n) is 8.16. The summed E-state index contributed by atoms with van der Waals surface area (Å²) < 4.78 is 6.89. The fourth-order valence-electron chi connectivity index (χ4n) is 3.52. The van der Waals surface area contributed by atoms with E-state index in [1.165, 1.54) is 4.90 Å². The Labute approximate surface area is 214 Å². The van der Waals surface area contributed by atoms with Gasteiger partial charge in [-0.2, -0.15) is 5.10 Å². The zero-order chi connectivity index (χ0) is 25.7. The number of rotatable bonds is 7. The number of nitrogens with one attached hydrogen (secondary N) is 1. The Kier molecular flexibility index (Phi) is 7.51. The van der Waals surface area contributed by atoms with Gasteiger partial charge in [-0.3, -0.25) is 9.59 Å². The number of methoxy groups -OCH3 is 1. The molecule has 2 amide bonds. The molecule has 182 valence electrons. The van der Waals surface area contributed by atoms with E-state index in [2.05, 4.69) is 5.32 Å². The number of carbonyl (C=O) groups is 2. The van der Waals surface area contributed by atoms with Crippen molar-refractivity contribution in [3.8, 4) is 22.7 Å². The van der Waals surface area contributed by atoms with Gasteiger partial charge < -0.3 is 15.0 Å². The van der Waals surface area contributed by atoms with Gasteiger partial charge in [-0.15, -0.1) is 0 Å². The molecular formula is C28H25ClN4O3. The third-order valence-corrected chi connectivity index (χ3v) is 5.67. The standard InChI is InChI=1S/C28H25ClN4O3/c1-32(2)28(35)25(30-27(34)20-11-15-24(36-3)16-12-20)17-21-18-33(23-7-5-4-6-8-23)31-26(21)19-9-13-22(29)14-10-19/h4-18H,1-3H3,(H,30,34). The first kappa shape index (κ1) is 24.8. The van der Waals surface area contributed by atoms with Crippen LogP contribution in [0, 0.1) is 0 Å². The minimum Gasteiger partial charge on any atom is -0.497 e. The van der Waals surface area contributed by atoms with Crippen molar-refractivity contribution in [2.75, 3.05) is 21.2 Å². The quantitative estimate of drug-likeness (QED) is 0.360. The number of halogens is 1. The lowest BCUT2D eigenvalue weighted by atomic mass is 10.1. The number of likely N-dealkylation sites (N-methyl/N-ethyl adjacent to an activating group) is 1. The molecule has 0 aliphatic rings. The number of para-hydroxylation sites is 1. The van der Waals surface area contributed by atoms with E-state index in [0.29, 0.717) is 27.6 Å². The average molecular weight is 501 g/mol. The van der Waals surface area contributed by atoms with Crippen molar-refractivity contribution in [3.05, 3.63) is 107 Å². The molecule has 1 heterocycles. The van der Waals surface area contributed by atoms with Crippen molar-refractivity contribution in [1.29, 1.82) is 0 Å². The Hall–Kier alpha value is -4.36. The largest absolute Gasteiger partial charge is 0.497 e. The van der Waals surface area contributed by atoms with Crippen molar-refractivity contribution >= 4 is 29.5 Å². The molecule has 0 unspecified atom stereocenters. The van der Waals surface area contributed by atoms with Crippen LogP contribution in [0.2, 0.25) is 5.02 Å². The van der Waals surface area contributed by atoms with Gasteiger partial charge in [-0.05, 0) is 54.6 Å². The first-order valence-electron chi connectivity index (χ1n) is 11.2. The molecule has 1 aromatic heterocycles. The SMILES string of the molecule is COc1ccc(C(=O)NC(=Cc2cn(-c3ccccc3)nc2-c2ccc(Cl)cc2)C(=O)N(C)C)cc1. The van der Waals surface area contributed by atoms with Gasteiger partial charge in [0.25, 0.3) is 11.8 Å². The van der Waals surface area contributed by atoms with Crippen LogP contribution in [0.4, 0.5) is 0 Å². The van der Waals surface area contributed by atoms with Gasteiger partial charge in [0, 0.05) is 42.0 Å². The monoisotopic (exact) mass is 500 g/mol. The Morgan fingerprint density at radius 3 is 2.25 bits per heavy atom. The summed E-state index contributed by atoms with van der Waals surface area (Å²) in [5.41, 5.74) is 3.48. The van der Waals surface area contributed by atoms with Crippen LogP contribution in [0.25, 0.3) is 23.0 Å². The maximum atomic E-state index is 13.1. The maximum Gasteiger partial charge on any atom is 0.269 e. The first-order chi connectivity index (χ1) is 17.4. The van der Waals surface area contributed by atoms with Crippen LogP contribution in [-0.2, 0) is 4.79 Å². The minimum atomic E-state index is -0.414. The molecule has 1 N–H and O–H groups in total. The van der Waals surface area contributed by atoms with Gasteiger partial charge in [0.2, 0.25) is 0 Å². The summed E-state index contributed by atoms with van der Waals surface area (Å²) in [7, 11) is 4.81. The number of hydrogen-bond donors (Lipinski definition) is 1. The lowest BCUT2D eigenvalue weighted by Crippen LogP contribution is -2.34. The van der Waals surface area contributed by atoms with Crippen LogP contribution in [0.5, 0.6) is 5.75 Å². The summed E-state index contributed by atoms with van der Waals surface area (Å²) in [5, 5.41) is 8.15. The smallest absolute Gasteiger partial charge is 0.269 e. The number of nitrogens with zero attached hydrogens (tertiary/aromatic N) is 3. The molecule has 0 aliphatic carbocycles. The fourth-order valence-corrected chi connectivity index (χ4v) is 3.65. The first-order valence-corrected chi connectivity index (χ1v) is 11.5. The van der Waals surface area contributed by atoms with Crippen LogP contribution in [0.3, 0.4) is 0 Å². The molecule has 7 nitrogen and oxygen atoms in total. The molecule has 0 aliphatic heterocycles. The number of amides is 2. The normalized spacial score (nSPS) is 11.2. The Morgan fingerprint density at radius 1 is 0.972 bits per heavy atom. The predicted molar refractivity (Wildman–Crippen MR) is 141 cm³/mol. The van der Waals surface area contributed by atoms with E-state index >= 15 is 0 Å². The number of ether oxygens (including phenoxy) is 1. The van der Waals surface area contributed by atoms with Gasteiger partial charge in [-0.25, -0.2) is 4.68 Å². The number of carbonyl (C=O) groups excluding carboxylic acids is 2. The van der Waals surface area contributed by atoms with Crippen LogP contribution >= 0.6 is 11.6 Å². The van der Waals surface area contributed by atoms with Gasteiger partial charge in [0.05, 0.1) is 12.8 Å². The average Bonchev–Trinajstić information content (AvgIpc) is 3.32. The topological polar surface area (TPSA) is 76.5 Å². The summed E-state index contributed by atoms with van der Waals surface area (Å²) in [4.78, 5) is 27.5. The molecule has 3 aromatic carbocycles. The summed E-state index contributed by atoms with van der Waals surface area (Å²) in [6.07, 6.45) is 3.46. The second kappa shape index (κ2) is 10.9. The van der Waals surface area contributed by atoms with Gasteiger partial charge in [-0.1, -0.05) is 41.9 Å². The highest BCUT2D eigenvalue weighted by Gasteiger charge is 2.19. The highest BCUT2D eigenvalue weighted by Crippen LogP contribution is 2.27. The van der Waals surface area contributed by atoms with E-state index in [0.717, 1.165) is 11.3 Å². The number of benzene rings is 3. The van der Waals surface area contributed by atoms with E-state index in [1.54, 1.807) is 68.4 Å². The van der Waals surface area contributed by atoms with E-state index in [-0.39, 0.29) is 11.6 Å². The molecule has 0 saturated heterocycles. The third-order valence-electron chi connectivity index (χ3n) is 5.42.